The van der Waals surface area contributed by atoms with Crippen molar-refractivity contribution < 1.29 is 32.9 Å². The lowest BCUT2D eigenvalue weighted by atomic mass is 10.1. The number of aliphatic hydroxyl groups is 2. The van der Waals surface area contributed by atoms with Crippen LogP contribution in [-0.2, 0) is 6.18 Å². The van der Waals surface area contributed by atoms with E-state index < -0.39 is 24.5 Å². The van der Waals surface area contributed by atoms with Gasteiger partial charge in [-0.1, -0.05) is 0 Å². The number of hydrogen-bond donors (Lipinski definition) is 3. The zero-order valence-electron chi connectivity index (χ0n) is 11.0. The number of aliphatic hydroxyl groups excluding tert-OH is 2. The highest BCUT2D eigenvalue weighted by molar-refractivity contribution is 5.62. The maximum absolute atomic E-state index is 12.9. The highest BCUT2D eigenvalue weighted by Gasteiger charge is 2.35. The number of alkyl halides is 3. The molecule has 1 aromatic rings. The zero-order chi connectivity index (χ0) is 15.3. The molecule has 1 rings (SSSR count). The first-order valence-corrected chi connectivity index (χ1v) is 5.69. The second-order valence-electron chi connectivity index (χ2n) is 3.97. The first-order chi connectivity index (χ1) is 9.33. The predicted molar refractivity (Wildman–Crippen MR) is 66.1 cm³/mol. The van der Waals surface area contributed by atoms with Gasteiger partial charge in [-0.2, -0.15) is 13.2 Å². The molecular weight excluding hydrogens is 279 g/mol. The van der Waals surface area contributed by atoms with Crippen LogP contribution in [0, 0.1) is 0 Å². The minimum atomic E-state index is -4.58. The van der Waals surface area contributed by atoms with Crippen LogP contribution < -0.4 is 14.8 Å². The summed E-state index contributed by atoms with van der Waals surface area (Å²) in [6, 6.07) is 1.94. The molecule has 0 aliphatic carbocycles. The Balaban J connectivity index is 3.15. The molecule has 0 aliphatic rings. The van der Waals surface area contributed by atoms with Crippen LogP contribution in [0.25, 0.3) is 0 Å². The van der Waals surface area contributed by atoms with E-state index in [0.717, 1.165) is 19.2 Å². The quantitative estimate of drug-likeness (QED) is 0.741. The van der Waals surface area contributed by atoms with Crippen LogP contribution in [-0.4, -0.2) is 43.7 Å². The van der Waals surface area contributed by atoms with E-state index in [-0.39, 0.29) is 23.7 Å². The summed E-state index contributed by atoms with van der Waals surface area (Å²) in [6.45, 7) is -0.617. The summed E-state index contributed by atoms with van der Waals surface area (Å²) in [5.74, 6) is -0.220. The third-order valence-electron chi connectivity index (χ3n) is 2.57. The number of ether oxygens (including phenoxy) is 2. The van der Waals surface area contributed by atoms with Gasteiger partial charge in [-0.15, -0.1) is 0 Å². The molecule has 3 N–H and O–H groups in total. The van der Waals surface area contributed by atoms with Gasteiger partial charge in [0, 0.05) is 12.6 Å². The lowest BCUT2D eigenvalue weighted by Crippen LogP contribution is -2.23. The highest BCUT2D eigenvalue weighted by atomic mass is 19.4. The number of rotatable bonds is 6. The van der Waals surface area contributed by atoms with Crippen LogP contribution in [0.1, 0.15) is 5.56 Å². The Morgan fingerprint density at radius 2 is 1.80 bits per heavy atom. The van der Waals surface area contributed by atoms with Gasteiger partial charge in [-0.3, -0.25) is 0 Å². The van der Waals surface area contributed by atoms with Gasteiger partial charge in [0.05, 0.1) is 38.2 Å². The first-order valence-electron chi connectivity index (χ1n) is 5.69. The van der Waals surface area contributed by atoms with Crippen molar-refractivity contribution in [2.75, 3.05) is 32.7 Å². The molecule has 0 spiro atoms. The van der Waals surface area contributed by atoms with Crippen molar-refractivity contribution in [3.63, 3.8) is 0 Å². The van der Waals surface area contributed by atoms with Crippen LogP contribution in [0.2, 0.25) is 0 Å². The molecule has 0 aromatic heterocycles. The number of halogens is 3. The number of hydrogen-bond acceptors (Lipinski definition) is 5. The van der Waals surface area contributed by atoms with Crippen molar-refractivity contribution in [2.24, 2.45) is 0 Å². The summed E-state index contributed by atoms with van der Waals surface area (Å²) in [5.41, 5.74) is -0.907. The molecule has 0 saturated carbocycles. The van der Waals surface area contributed by atoms with Gasteiger partial charge in [0.1, 0.15) is 11.5 Å². The Hall–Kier alpha value is -1.67. The second kappa shape index (κ2) is 6.67. The molecule has 1 atom stereocenters. The van der Waals surface area contributed by atoms with Gasteiger partial charge in [0.15, 0.2) is 0 Å². The van der Waals surface area contributed by atoms with Crippen molar-refractivity contribution in [1.29, 1.82) is 0 Å². The zero-order valence-corrected chi connectivity index (χ0v) is 11.0. The molecule has 0 radical (unpaired) electrons. The Morgan fingerprint density at radius 1 is 1.20 bits per heavy atom. The molecule has 0 aliphatic heterocycles. The van der Waals surface area contributed by atoms with Crippen LogP contribution >= 0.6 is 0 Å². The maximum Gasteiger partial charge on any atom is 0.420 e. The van der Waals surface area contributed by atoms with Gasteiger partial charge in [-0.05, 0) is 6.07 Å². The van der Waals surface area contributed by atoms with Crippen molar-refractivity contribution >= 4 is 5.69 Å². The van der Waals surface area contributed by atoms with Crippen LogP contribution in [0.15, 0.2) is 12.1 Å². The SMILES string of the molecule is COc1cc(OC)c(C(F)(F)F)cc1NCC(O)CO. The Labute approximate surface area is 113 Å². The molecule has 1 unspecified atom stereocenters. The van der Waals surface area contributed by atoms with Gasteiger partial charge in [0.25, 0.3) is 0 Å². The monoisotopic (exact) mass is 295 g/mol. The largest absolute Gasteiger partial charge is 0.496 e. The summed E-state index contributed by atoms with van der Waals surface area (Å²) in [7, 11) is 2.43. The van der Waals surface area contributed by atoms with Gasteiger partial charge in [0.2, 0.25) is 0 Å². The molecule has 8 heteroatoms. The van der Waals surface area contributed by atoms with Crippen molar-refractivity contribution in [3.8, 4) is 11.5 Å². The molecule has 1 aromatic carbocycles. The lowest BCUT2D eigenvalue weighted by molar-refractivity contribution is -0.138. The van der Waals surface area contributed by atoms with Gasteiger partial charge in [-0.25, -0.2) is 0 Å². The third-order valence-corrected chi connectivity index (χ3v) is 2.57. The topological polar surface area (TPSA) is 71.0 Å². The van der Waals surface area contributed by atoms with Gasteiger partial charge < -0.3 is 25.0 Å². The number of benzene rings is 1. The standard InChI is InChI=1S/C12H16F3NO4/c1-19-10-4-11(20-2)9(16-5-7(18)6-17)3-8(10)12(13,14)15/h3-4,7,16-18H,5-6H2,1-2H3. The third kappa shape index (κ3) is 3.91. The average molecular weight is 295 g/mol. The molecule has 0 heterocycles. The van der Waals surface area contributed by atoms with E-state index in [1.54, 1.807) is 0 Å². The fourth-order valence-corrected chi connectivity index (χ4v) is 1.55. The second-order valence-corrected chi connectivity index (χ2v) is 3.97. The molecular formula is C12H16F3NO4. The predicted octanol–water partition coefficient (Wildman–Crippen LogP) is 1.49. The molecule has 20 heavy (non-hydrogen) atoms. The fourth-order valence-electron chi connectivity index (χ4n) is 1.55. The molecule has 0 fully saturated rings. The van der Waals surface area contributed by atoms with Crippen molar-refractivity contribution in [2.45, 2.75) is 12.3 Å². The first kappa shape index (κ1) is 16.4. The Kier molecular flexibility index (Phi) is 5.46. The number of nitrogens with one attached hydrogen (secondary N) is 1. The van der Waals surface area contributed by atoms with Gasteiger partial charge >= 0.3 is 6.18 Å². The van der Waals surface area contributed by atoms with E-state index in [9.17, 15) is 18.3 Å². The van der Waals surface area contributed by atoms with E-state index in [2.05, 4.69) is 5.32 Å². The molecule has 0 bridgehead atoms. The summed E-state index contributed by atoms with van der Waals surface area (Å²) < 4.78 is 48.3. The van der Waals surface area contributed by atoms with E-state index in [4.69, 9.17) is 14.6 Å². The highest BCUT2D eigenvalue weighted by Crippen LogP contribution is 2.41. The molecule has 0 saturated heterocycles. The lowest BCUT2D eigenvalue weighted by Gasteiger charge is -2.18. The Bertz CT molecular complexity index is 451. The van der Waals surface area contributed by atoms with E-state index in [0.29, 0.717) is 0 Å². The van der Waals surface area contributed by atoms with E-state index >= 15 is 0 Å². The number of anilines is 1. The molecule has 0 amide bonds. The van der Waals surface area contributed by atoms with Crippen molar-refractivity contribution in [3.05, 3.63) is 17.7 Å². The molecule has 5 nitrogen and oxygen atoms in total. The van der Waals surface area contributed by atoms with Crippen LogP contribution in [0.4, 0.5) is 18.9 Å². The minimum absolute atomic E-state index is 0.0492. The molecule has 114 valence electrons. The minimum Gasteiger partial charge on any atom is -0.496 e. The fraction of sp³-hybridized carbons (Fsp3) is 0.500. The van der Waals surface area contributed by atoms with Crippen molar-refractivity contribution in [1.82, 2.24) is 0 Å². The normalized spacial score (nSPS) is 12.9. The summed E-state index contributed by atoms with van der Waals surface area (Å²) in [6.07, 6.45) is -5.67. The smallest absolute Gasteiger partial charge is 0.420 e. The van der Waals surface area contributed by atoms with E-state index in [1.165, 1.54) is 7.11 Å². The summed E-state index contributed by atoms with van der Waals surface area (Å²) in [4.78, 5) is 0. The maximum atomic E-state index is 12.9. The summed E-state index contributed by atoms with van der Waals surface area (Å²) >= 11 is 0. The summed E-state index contributed by atoms with van der Waals surface area (Å²) in [5, 5.41) is 20.5. The number of methoxy groups -OCH3 is 2. The van der Waals surface area contributed by atoms with Crippen LogP contribution in [0.3, 0.4) is 0 Å². The Morgan fingerprint density at radius 3 is 2.25 bits per heavy atom. The van der Waals surface area contributed by atoms with E-state index in [1.807, 2.05) is 0 Å². The average Bonchev–Trinajstić information content (AvgIpc) is 2.42. The van der Waals surface area contributed by atoms with Crippen LogP contribution in [0.5, 0.6) is 11.5 Å².